The molecular formula is C24H24ClNO5. The molecule has 0 spiro atoms. The number of allylic oxidation sites excluding steroid dienone is 1. The lowest BCUT2D eigenvalue weighted by Gasteiger charge is -2.31. The molecule has 0 saturated carbocycles. The molecule has 0 saturated heterocycles. The smallest absolute Gasteiger partial charge is 0.232 e. The first kappa shape index (κ1) is 20.4. The Hall–Kier alpha value is -2.54. The van der Waals surface area contributed by atoms with Crippen molar-refractivity contribution >= 4 is 23.5 Å². The molecule has 0 atom stereocenters. The maximum Gasteiger partial charge on any atom is 0.232 e. The summed E-state index contributed by atoms with van der Waals surface area (Å²) in [5.74, 6) is 2.68. The molecular weight excluding hydrogens is 418 g/mol. The van der Waals surface area contributed by atoms with Crippen molar-refractivity contribution in [1.82, 2.24) is 4.90 Å². The summed E-state index contributed by atoms with van der Waals surface area (Å²) in [6.07, 6.45) is 1.71. The van der Waals surface area contributed by atoms with Gasteiger partial charge in [0, 0.05) is 29.2 Å². The lowest BCUT2D eigenvalue weighted by atomic mass is 9.98. The molecule has 2 aromatic carbocycles. The van der Waals surface area contributed by atoms with Crippen molar-refractivity contribution in [3.8, 4) is 17.2 Å². The van der Waals surface area contributed by atoms with Gasteiger partial charge in [-0.15, -0.1) is 0 Å². The third-order valence-corrected chi connectivity index (χ3v) is 5.82. The van der Waals surface area contributed by atoms with Crippen LogP contribution < -0.4 is 14.2 Å². The van der Waals surface area contributed by atoms with Crippen molar-refractivity contribution in [2.75, 3.05) is 20.1 Å². The molecule has 31 heavy (non-hydrogen) atoms. The third-order valence-electron chi connectivity index (χ3n) is 5.60. The molecule has 5 rings (SSSR count). The predicted octanol–water partition coefficient (Wildman–Crippen LogP) is 4.94. The van der Waals surface area contributed by atoms with E-state index in [2.05, 4.69) is 18.7 Å². The van der Waals surface area contributed by atoms with E-state index in [-0.39, 0.29) is 18.3 Å². The van der Waals surface area contributed by atoms with Crippen LogP contribution in [0.25, 0.3) is 6.08 Å². The summed E-state index contributed by atoms with van der Waals surface area (Å²) in [4.78, 5) is 15.5. The van der Waals surface area contributed by atoms with Crippen molar-refractivity contribution in [2.24, 2.45) is 5.92 Å². The van der Waals surface area contributed by atoms with Crippen LogP contribution in [-0.2, 0) is 17.9 Å². The summed E-state index contributed by atoms with van der Waals surface area (Å²) in [5, 5.41) is 0.550. The first-order chi connectivity index (χ1) is 14.9. The minimum absolute atomic E-state index is 0.142. The van der Waals surface area contributed by atoms with Crippen LogP contribution in [0, 0.1) is 12.8 Å². The van der Waals surface area contributed by atoms with Gasteiger partial charge in [0.25, 0.3) is 0 Å². The Bertz CT molecular complexity index is 1110. The van der Waals surface area contributed by atoms with Gasteiger partial charge in [0.1, 0.15) is 24.0 Å². The minimum atomic E-state index is -0.142. The van der Waals surface area contributed by atoms with Crippen LogP contribution in [0.3, 0.4) is 0 Å². The molecule has 0 fully saturated rings. The summed E-state index contributed by atoms with van der Waals surface area (Å²) < 4.78 is 23.2. The number of ketones is 1. The van der Waals surface area contributed by atoms with Gasteiger partial charge in [-0.25, -0.2) is 0 Å². The summed E-state index contributed by atoms with van der Waals surface area (Å²) in [7, 11) is 0. The zero-order valence-electron chi connectivity index (χ0n) is 17.8. The summed E-state index contributed by atoms with van der Waals surface area (Å²) in [6, 6.07) is 5.52. The second kappa shape index (κ2) is 7.86. The Labute approximate surface area is 186 Å². The Morgan fingerprint density at radius 2 is 2.03 bits per heavy atom. The van der Waals surface area contributed by atoms with Gasteiger partial charge in [0.05, 0.1) is 17.7 Å². The number of carbonyl (C=O) groups excluding carboxylic acids is 1. The van der Waals surface area contributed by atoms with Gasteiger partial charge in [-0.2, -0.15) is 0 Å². The number of fused-ring (bicyclic) bond motifs is 4. The van der Waals surface area contributed by atoms with E-state index in [0.29, 0.717) is 53.4 Å². The molecule has 0 bridgehead atoms. The lowest BCUT2D eigenvalue weighted by Crippen LogP contribution is -2.35. The number of benzene rings is 2. The quantitative estimate of drug-likeness (QED) is 0.629. The number of ether oxygens (including phenoxy) is 4. The van der Waals surface area contributed by atoms with Crippen molar-refractivity contribution in [3.63, 3.8) is 0 Å². The van der Waals surface area contributed by atoms with Gasteiger partial charge in [0.2, 0.25) is 5.78 Å². The van der Waals surface area contributed by atoms with E-state index < -0.39 is 0 Å². The van der Waals surface area contributed by atoms with Gasteiger partial charge >= 0.3 is 0 Å². The molecule has 2 aromatic rings. The first-order valence-corrected chi connectivity index (χ1v) is 10.8. The number of rotatable bonds is 3. The molecule has 3 aliphatic heterocycles. The van der Waals surface area contributed by atoms with Crippen molar-refractivity contribution in [2.45, 2.75) is 33.9 Å². The highest BCUT2D eigenvalue weighted by atomic mass is 35.5. The Kier molecular flexibility index (Phi) is 5.16. The highest BCUT2D eigenvalue weighted by molar-refractivity contribution is 6.31. The van der Waals surface area contributed by atoms with Crippen molar-refractivity contribution in [1.29, 1.82) is 0 Å². The molecule has 162 valence electrons. The monoisotopic (exact) mass is 441 g/mol. The summed E-state index contributed by atoms with van der Waals surface area (Å²) >= 11 is 6.28. The van der Waals surface area contributed by atoms with E-state index in [0.717, 1.165) is 29.0 Å². The van der Waals surface area contributed by atoms with Crippen LogP contribution in [0.5, 0.6) is 17.2 Å². The van der Waals surface area contributed by atoms with Gasteiger partial charge in [-0.3, -0.25) is 9.69 Å². The third kappa shape index (κ3) is 3.69. The average Bonchev–Trinajstić information content (AvgIpc) is 3.05. The molecule has 0 radical (unpaired) electrons. The second-order valence-electron chi connectivity index (χ2n) is 8.59. The first-order valence-electron chi connectivity index (χ1n) is 10.4. The van der Waals surface area contributed by atoms with Crippen LogP contribution in [0.15, 0.2) is 24.0 Å². The fraction of sp³-hybridized carbons (Fsp3) is 0.375. The summed E-state index contributed by atoms with van der Waals surface area (Å²) in [5.41, 5.74) is 3.91. The summed E-state index contributed by atoms with van der Waals surface area (Å²) in [6.45, 7) is 8.97. The van der Waals surface area contributed by atoms with Gasteiger partial charge in [-0.05, 0) is 42.7 Å². The fourth-order valence-electron chi connectivity index (χ4n) is 4.37. The van der Waals surface area contributed by atoms with Crippen LogP contribution in [0.4, 0.5) is 0 Å². The molecule has 0 aliphatic carbocycles. The highest BCUT2D eigenvalue weighted by Gasteiger charge is 2.36. The molecule has 0 aromatic heterocycles. The maximum absolute atomic E-state index is 13.3. The molecule has 3 heterocycles. The van der Waals surface area contributed by atoms with Crippen LogP contribution >= 0.6 is 11.6 Å². The van der Waals surface area contributed by atoms with E-state index in [4.69, 9.17) is 30.5 Å². The van der Waals surface area contributed by atoms with E-state index >= 15 is 0 Å². The van der Waals surface area contributed by atoms with E-state index in [9.17, 15) is 4.79 Å². The molecule has 0 N–H and O–H groups in total. The van der Waals surface area contributed by atoms with Gasteiger partial charge in [0.15, 0.2) is 12.6 Å². The highest BCUT2D eigenvalue weighted by Crippen LogP contribution is 2.44. The van der Waals surface area contributed by atoms with Crippen molar-refractivity contribution in [3.05, 3.63) is 56.8 Å². The van der Waals surface area contributed by atoms with Gasteiger partial charge < -0.3 is 18.9 Å². The van der Waals surface area contributed by atoms with E-state index in [1.54, 1.807) is 12.1 Å². The lowest BCUT2D eigenvalue weighted by molar-refractivity contribution is -0.0165. The fourth-order valence-corrected chi connectivity index (χ4v) is 4.62. The molecule has 0 unspecified atom stereocenters. The van der Waals surface area contributed by atoms with E-state index in [1.165, 1.54) is 0 Å². The van der Waals surface area contributed by atoms with Crippen LogP contribution in [-0.4, -0.2) is 30.8 Å². The van der Waals surface area contributed by atoms with Crippen LogP contribution in [0.2, 0.25) is 5.02 Å². The minimum Gasteiger partial charge on any atom is -0.478 e. The molecule has 3 aliphatic rings. The zero-order valence-corrected chi connectivity index (χ0v) is 18.5. The van der Waals surface area contributed by atoms with Crippen molar-refractivity contribution < 1.29 is 23.7 Å². The number of Topliss-reactive ketones (excluding diaryl/α,β-unsaturated/α-hetero) is 1. The predicted molar refractivity (Wildman–Crippen MR) is 117 cm³/mol. The Morgan fingerprint density at radius 1 is 1.19 bits per heavy atom. The largest absolute Gasteiger partial charge is 0.478 e. The second-order valence-corrected chi connectivity index (χ2v) is 9.02. The maximum atomic E-state index is 13.3. The Balaban J connectivity index is 1.54. The number of carbonyl (C=O) groups is 1. The van der Waals surface area contributed by atoms with E-state index in [1.807, 2.05) is 19.1 Å². The number of halogens is 1. The normalized spacial score (nSPS) is 18.9. The average molecular weight is 442 g/mol. The molecule has 7 heteroatoms. The molecule has 6 nitrogen and oxygen atoms in total. The zero-order chi connectivity index (χ0) is 21.7. The topological polar surface area (TPSA) is 57.2 Å². The SMILES string of the molecule is Cc1cc2c(c3c1C(=O)/C(=C/c1cc(Cl)cc4c1OCOC4)O3)CN(CC(C)C)CO2. The van der Waals surface area contributed by atoms with Gasteiger partial charge in [-0.1, -0.05) is 25.4 Å². The number of hydrogen-bond donors (Lipinski definition) is 0. The molecule has 0 amide bonds. The standard InChI is InChI=1S/C24H24ClNO5/c1-13(2)8-26-9-18-19(29-11-26)4-14(3)21-22(27)20(31-24(18)21)7-15-5-17(25)6-16-10-28-12-30-23(15)16/h4-7,13H,8-12H2,1-3H3/b20-7-. The Morgan fingerprint density at radius 3 is 2.84 bits per heavy atom. The van der Waals surface area contributed by atoms with Crippen LogP contribution in [0.1, 0.15) is 46.5 Å². The number of aryl methyl sites for hydroxylation is 1. The number of hydrogen-bond acceptors (Lipinski definition) is 6. The number of nitrogens with zero attached hydrogens (tertiary/aromatic N) is 1.